The summed E-state index contributed by atoms with van der Waals surface area (Å²) in [4.78, 5) is 13.6. The zero-order chi connectivity index (χ0) is 14.1. The van der Waals surface area contributed by atoms with E-state index in [0.717, 1.165) is 42.3 Å². The molecule has 2 heterocycles. The van der Waals surface area contributed by atoms with Crippen molar-refractivity contribution in [3.05, 3.63) is 40.5 Å². The summed E-state index contributed by atoms with van der Waals surface area (Å²) in [5.74, 6) is 2.47. The first kappa shape index (κ1) is 13.6. The van der Waals surface area contributed by atoms with E-state index in [1.54, 1.807) is 0 Å². The minimum atomic E-state index is 0.516. The van der Waals surface area contributed by atoms with E-state index >= 15 is 0 Å². The normalized spacial score (nSPS) is 14.8. The van der Waals surface area contributed by atoms with Crippen LogP contribution in [-0.4, -0.2) is 19.5 Å². The average Bonchev–Trinajstić information content (AvgIpc) is 3.19. The van der Waals surface area contributed by atoms with Gasteiger partial charge in [0.05, 0.1) is 5.69 Å². The van der Waals surface area contributed by atoms with Gasteiger partial charge in [-0.15, -0.1) is 0 Å². The minimum absolute atomic E-state index is 0.516. The van der Waals surface area contributed by atoms with Crippen LogP contribution in [0.2, 0.25) is 5.15 Å². The number of hydrogen-bond acceptors (Lipinski definition) is 3. The van der Waals surface area contributed by atoms with Crippen molar-refractivity contribution in [2.75, 3.05) is 0 Å². The SMILES string of the molecule is CCCn1ccnc1Cc1nc(C2CC2)nc(Cl)c1C. The van der Waals surface area contributed by atoms with Crippen LogP contribution in [0.4, 0.5) is 0 Å². The van der Waals surface area contributed by atoms with E-state index in [1.807, 2.05) is 19.3 Å². The molecule has 1 saturated carbocycles. The first-order valence-electron chi connectivity index (χ1n) is 7.22. The lowest BCUT2D eigenvalue weighted by Crippen LogP contribution is -2.08. The second-order valence-electron chi connectivity index (χ2n) is 5.43. The predicted molar refractivity (Wildman–Crippen MR) is 79.1 cm³/mol. The summed E-state index contributed by atoms with van der Waals surface area (Å²) >= 11 is 6.25. The minimum Gasteiger partial charge on any atom is -0.335 e. The van der Waals surface area contributed by atoms with Crippen molar-refractivity contribution in [2.45, 2.75) is 52.0 Å². The van der Waals surface area contributed by atoms with Crippen molar-refractivity contribution in [1.82, 2.24) is 19.5 Å². The summed E-state index contributed by atoms with van der Waals surface area (Å²) in [7, 11) is 0. The molecule has 0 unspecified atom stereocenters. The van der Waals surface area contributed by atoms with E-state index in [2.05, 4.69) is 21.5 Å². The molecular weight excluding hydrogens is 272 g/mol. The molecule has 106 valence electrons. The van der Waals surface area contributed by atoms with Gasteiger partial charge in [0.25, 0.3) is 0 Å². The van der Waals surface area contributed by atoms with Crippen LogP contribution in [0.15, 0.2) is 12.4 Å². The Morgan fingerprint density at radius 3 is 2.85 bits per heavy atom. The number of nitrogens with zero attached hydrogens (tertiary/aromatic N) is 4. The zero-order valence-electron chi connectivity index (χ0n) is 11.9. The fourth-order valence-electron chi connectivity index (χ4n) is 2.35. The summed E-state index contributed by atoms with van der Waals surface area (Å²) < 4.78 is 2.19. The molecule has 0 radical (unpaired) electrons. The number of halogens is 1. The molecule has 0 N–H and O–H groups in total. The molecule has 0 atom stereocenters. The van der Waals surface area contributed by atoms with Crippen LogP contribution in [-0.2, 0) is 13.0 Å². The van der Waals surface area contributed by atoms with Crippen LogP contribution in [0.1, 0.15) is 55.0 Å². The highest BCUT2D eigenvalue weighted by Gasteiger charge is 2.28. The number of aromatic nitrogens is 4. The number of imidazole rings is 1. The Kier molecular flexibility index (Phi) is 3.74. The van der Waals surface area contributed by atoms with Gasteiger partial charge in [0.15, 0.2) is 0 Å². The third-order valence-electron chi connectivity index (χ3n) is 3.74. The molecule has 0 bridgehead atoms. The molecule has 5 heteroatoms. The summed E-state index contributed by atoms with van der Waals surface area (Å²) in [5.41, 5.74) is 1.98. The Morgan fingerprint density at radius 2 is 2.15 bits per heavy atom. The lowest BCUT2D eigenvalue weighted by molar-refractivity contribution is 0.643. The van der Waals surface area contributed by atoms with E-state index < -0.39 is 0 Å². The first-order chi connectivity index (χ1) is 9.69. The molecule has 0 amide bonds. The van der Waals surface area contributed by atoms with E-state index in [4.69, 9.17) is 16.6 Å². The Balaban J connectivity index is 1.91. The Hall–Kier alpha value is -1.42. The second kappa shape index (κ2) is 5.52. The van der Waals surface area contributed by atoms with Gasteiger partial charge in [0.2, 0.25) is 0 Å². The van der Waals surface area contributed by atoms with E-state index in [0.29, 0.717) is 11.1 Å². The van der Waals surface area contributed by atoms with Crippen molar-refractivity contribution in [3.63, 3.8) is 0 Å². The average molecular weight is 291 g/mol. The monoisotopic (exact) mass is 290 g/mol. The molecule has 2 aromatic rings. The topological polar surface area (TPSA) is 43.6 Å². The van der Waals surface area contributed by atoms with Gasteiger partial charge in [-0.05, 0) is 26.2 Å². The third kappa shape index (κ3) is 2.70. The van der Waals surface area contributed by atoms with Gasteiger partial charge < -0.3 is 4.57 Å². The number of hydrogen-bond donors (Lipinski definition) is 0. The quantitative estimate of drug-likeness (QED) is 0.792. The maximum Gasteiger partial charge on any atom is 0.135 e. The van der Waals surface area contributed by atoms with Crippen LogP contribution in [0.25, 0.3) is 0 Å². The van der Waals surface area contributed by atoms with Crippen LogP contribution in [0.3, 0.4) is 0 Å². The van der Waals surface area contributed by atoms with Crippen LogP contribution >= 0.6 is 11.6 Å². The molecule has 0 aromatic carbocycles. The highest BCUT2D eigenvalue weighted by Crippen LogP contribution is 2.39. The Bertz CT molecular complexity index is 616. The summed E-state index contributed by atoms with van der Waals surface area (Å²) in [6, 6.07) is 0. The van der Waals surface area contributed by atoms with Crippen molar-refractivity contribution >= 4 is 11.6 Å². The van der Waals surface area contributed by atoms with E-state index in [1.165, 1.54) is 12.8 Å². The molecular formula is C15H19ClN4. The van der Waals surface area contributed by atoms with E-state index in [9.17, 15) is 0 Å². The van der Waals surface area contributed by atoms with Gasteiger partial charge in [0.1, 0.15) is 16.8 Å². The van der Waals surface area contributed by atoms with Crippen LogP contribution < -0.4 is 0 Å². The van der Waals surface area contributed by atoms with Crippen LogP contribution in [0, 0.1) is 6.92 Å². The Labute approximate surface area is 124 Å². The molecule has 1 aliphatic carbocycles. The molecule has 0 spiro atoms. The summed E-state index contributed by atoms with van der Waals surface area (Å²) in [6.45, 7) is 5.14. The summed E-state index contributed by atoms with van der Waals surface area (Å²) in [5, 5.41) is 0.588. The summed E-state index contributed by atoms with van der Waals surface area (Å²) in [6.07, 6.45) is 8.07. The number of aryl methyl sites for hydroxylation is 1. The molecule has 2 aromatic heterocycles. The lowest BCUT2D eigenvalue weighted by atomic mass is 10.2. The third-order valence-corrected chi connectivity index (χ3v) is 4.11. The molecule has 4 nitrogen and oxygen atoms in total. The smallest absolute Gasteiger partial charge is 0.135 e. The Morgan fingerprint density at radius 1 is 1.35 bits per heavy atom. The van der Waals surface area contributed by atoms with Crippen molar-refractivity contribution in [3.8, 4) is 0 Å². The van der Waals surface area contributed by atoms with E-state index in [-0.39, 0.29) is 0 Å². The molecule has 1 fully saturated rings. The van der Waals surface area contributed by atoms with Gasteiger partial charge in [-0.3, -0.25) is 0 Å². The first-order valence-corrected chi connectivity index (χ1v) is 7.59. The highest BCUT2D eigenvalue weighted by molar-refractivity contribution is 6.30. The van der Waals surface area contributed by atoms with Gasteiger partial charge in [-0.1, -0.05) is 18.5 Å². The fourth-order valence-corrected chi connectivity index (χ4v) is 2.54. The maximum atomic E-state index is 6.25. The molecule has 0 aliphatic heterocycles. The lowest BCUT2D eigenvalue weighted by Gasteiger charge is -2.10. The van der Waals surface area contributed by atoms with Crippen molar-refractivity contribution in [1.29, 1.82) is 0 Å². The maximum absolute atomic E-state index is 6.25. The van der Waals surface area contributed by atoms with Crippen molar-refractivity contribution in [2.24, 2.45) is 0 Å². The van der Waals surface area contributed by atoms with Gasteiger partial charge in [0, 0.05) is 36.8 Å². The molecule has 20 heavy (non-hydrogen) atoms. The zero-order valence-corrected chi connectivity index (χ0v) is 12.7. The van der Waals surface area contributed by atoms with Gasteiger partial charge in [-0.2, -0.15) is 0 Å². The second-order valence-corrected chi connectivity index (χ2v) is 5.79. The van der Waals surface area contributed by atoms with Crippen LogP contribution in [0.5, 0.6) is 0 Å². The predicted octanol–water partition coefficient (Wildman–Crippen LogP) is 3.51. The molecule has 0 saturated heterocycles. The molecule has 3 rings (SSSR count). The van der Waals surface area contributed by atoms with Gasteiger partial charge >= 0.3 is 0 Å². The fraction of sp³-hybridized carbons (Fsp3) is 0.533. The highest BCUT2D eigenvalue weighted by atomic mass is 35.5. The standard InChI is InChI=1S/C15H19ClN4/c1-3-7-20-8-6-17-13(20)9-12-10(2)14(16)19-15(18-12)11-4-5-11/h6,8,11H,3-5,7,9H2,1-2H3. The molecule has 1 aliphatic rings. The van der Waals surface area contributed by atoms with Gasteiger partial charge in [-0.25, -0.2) is 15.0 Å². The number of rotatable bonds is 5. The van der Waals surface area contributed by atoms with Crippen molar-refractivity contribution < 1.29 is 0 Å². The largest absolute Gasteiger partial charge is 0.335 e.